The van der Waals surface area contributed by atoms with Crippen LogP contribution in [0.3, 0.4) is 0 Å². The molecule has 0 atom stereocenters. The first-order valence-electron chi connectivity index (χ1n) is 7.68. The lowest BCUT2D eigenvalue weighted by atomic mass is 10.2. The van der Waals surface area contributed by atoms with Crippen LogP contribution < -0.4 is 0 Å². The van der Waals surface area contributed by atoms with Crippen LogP contribution in [-0.4, -0.2) is 32.4 Å². The summed E-state index contributed by atoms with van der Waals surface area (Å²) in [5.41, 5.74) is 4.23. The molecule has 3 aromatic rings. The van der Waals surface area contributed by atoms with E-state index in [4.69, 9.17) is 16.3 Å². The van der Waals surface area contributed by atoms with Gasteiger partial charge in [0.15, 0.2) is 11.0 Å². The third-order valence-corrected chi connectivity index (χ3v) is 3.99. The lowest BCUT2D eigenvalue weighted by molar-refractivity contribution is 0.126. The number of hydrogen-bond acceptors (Lipinski definition) is 5. The number of aromatic nitrogens is 4. The summed E-state index contributed by atoms with van der Waals surface area (Å²) in [7, 11) is 0. The SMILES string of the molecule is CCOCc1nc2c(Cl)nc(C)c(C)c2n1/N=C/c1cccnc1. The molecule has 0 amide bonds. The van der Waals surface area contributed by atoms with Gasteiger partial charge in [0.1, 0.15) is 17.6 Å². The molecule has 0 aliphatic heterocycles. The van der Waals surface area contributed by atoms with Crippen molar-refractivity contribution in [2.45, 2.75) is 27.4 Å². The van der Waals surface area contributed by atoms with Crippen LogP contribution in [0, 0.1) is 13.8 Å². The van der Waals surface area contributed by atoms with Crippen molar-refractivity contribution in [2.75, 3.05) is 6.61 Å². The summed E-state index contributed by atoms with van der Waals surface area (Å²) < 4.78 is 7.29. The zero-order chi connectivity index (χ0) is 17.1. The van der Waals surface area contributed by atoms with Crippen LogP contribution in [0.15, 0.2) is 29.6 Å². The maximum absolute atomic E-state index is 6.28. The van der Waals surface area contributed by atoms with Gasteiger partial charge in [-0.2, -0.15) is 5.10 Å². The number of imidazole rings is 1. The molecule has 6 nitrogen and oxygen atoms in total. The van der Waals surface area contributed by atoms with Crippen LogP contribution in [0.25, 0.3) is 11.0 Å². The van der Waals surface area contributed by atoms with E-state index in [9.17, 15) is 0 Å². The van der Waals surface area contributed by atoms with Gasteiger partial charge in [0.05, 0.1) is 6.21 Å². The molecule has 0 saturated heterocycles. The number of pyridine rings is 2. The number of ether oxygens (including phenoxy) is 1. The molecule has 0 saturated carbocycles. The number of rotatable bonds is 5. The van der Waals surface area contributed by atoms with Crippen molar-refractivity contribution in [3.63, 3.8) is 0 Å². The molecule has 7 heteroatoms. The number of hydrogen-bond donors (Lipinski definition) is 0. The topological polar surface area (TPSA) is 65.2 Å². The van der Waals surface area contributed by atoms with Crippen LogP contribution in [0.2, 0.25) is 5.15 Å². The second kappa shape index (κ2) is 7.07. The van der Waals surface area contributed by atoms with E-state index in [0.717, 1.165) is 22.3 Å². The zero-order valence-electron chi connectivity index (χ0n) is 13.8. The molecule has 3 aromatic heterocycles. The molecule has 0 aromatic carbocycles. The number of halogens is 1. The van der Waals surface area contributed by atoms with Gasteiger partial charge >= 0.3 is 0 Å². The highest BCUT2D eigenvalue weighted by Crippen LogP contribution is 2.27. The largest absolute Gasteiger partial charge is 0.374 e. The van der Waals surface area contributed by atoms with E-state index < -0.39 is 0 Å². The lowest BCUT2D eigenvalue weighted by Crippen LogP contribution is -2.03. The van der Waals surface area contributed by atoms with E-state index in [0.29, 0.717) is 29.7 Å². The van der Waals surface area contributed by atoms with Crippen molar-refractivity contribution >= 4 is 28.8 Å². The van der Waals surface area contributed by atoms with Crippen LogP contribution in [0.5, 0.6) is 0 Å². The van der Waals surface area contributed by atoms with E-state index in [-0.39, 0.29) is 0 Å². The minimum atomic E-state index is 0.352. The van der Waals surface area contributed by atoms with Gasteiger partial charge in [-0.05, 0) is 32.4 Å². The van der Waals surface area contributed by atoms with Gasteiger partial charge < -0.3 is 4.74 Å². The molecule has 3 heterocycles. The monoisotopic (exact) mass is 343 g/mol. The van der Waals surface area contributed by atoms with E-state index in [1.54, 1.807) is 23.3 Å². The first-order chi connectivity index (χ1) is 11.6. The summed E-state index contributed by atoms with van der Waals surface area (Å²) >= 11 is 6.28. The Bertz CT molecular complexity index is 889. The Morgan fingerprint density at radius 1 is 1.33 bits per heavy atom. The Kier molecular flexibility index (Phi) is 4.87. The van der Waals surface area contributed by atoms with Gasteiger partial charge in [0.2, 0.25) is 0 Å². The predicted molar refractivity (Wildman–Crippen MR) is 94.6 cm³/mol. The molecule has 0 spiro atoms. The lowest BCUT2D eigenvalue weighted by Gasteiger charge is -2.06. The smallest absolute Gasteiger partial charge is 0.157 e. The van der Waals surface area contributed by atoms with Crippen LogP contribution >= 0.6 is 11.6 Å². The molecule has 124 valence electrons. The fourth-order valence-corrected chi connectivity index (χ4v) is 2.64. The Hall–Kier alpha value is -2.31. The third-order valence-electron chi connectivity index (χ3n) is 3.72. The maximum Gasteiger partial charge on any atom is 0.157 e. The fourth-order valence-electron chi connectivity index (χ4n) is 2.38. The summed E-state index contributed by atoms with van der Waals surface area (Å²) in [4.78, 5) is 13.0. The van der Waals surface area contributed by atoms with E-state index in [2.05, 4.69) is 20.1 Å². The number of fused-ring (bicyclic) bond motifs is 1. The molecular weight excluding hydrogens is 326 g/mol. The van der Waals surface area contributed by atoms with E-state index in [1.165, 1.54) is 0 Å². The average molecular weight is 344 g/mol. The quantitative estimate of drug-likeness (QED) is 0.525. The zero-order valence-corrected chi connectivity index (χ0v) is 14.6. The molecule has 0 radical (unpaired) electrons. The Balaban J connectivity index is 2.17. The summed E-state index contributed by atoms with van der Waals surface area (Å²) in [5, 5.41) is 4.96. The van der Waals surface area contributed by atoms with E-state index >= 15 is 0 Å². The third kappa shape index (κ3) is 3.16. The minimum absolute atomic E-state index is 0.352. The highest BCUT2D eigenvalue weighted by Gasteiger charge is 2.17. The molecule has 0 unspecified atom stereocenters. The molecular formula is C17H18ClN5O. The Labute approximate surface area is 145 Å². The van der Waals surface area contributed by atoms with Crippen molar-refractivity contribution < 1.29 is 4.74 Å². The molecule has 24 heavy (non-hydrogen) atoms. The van der Waals surface area contributed by atoms with Crippen molar-refractivity contribution in [1.82, 2.24) is 19.6 Å². The maximum atomic E-state index is 6.28. The second-order valence-electron chi connectivity index (χ2n) is 5.32. The molecule has 0 fully saturated rings. The molecule has 0 aliphatic carbocycles. The second-order valence-corrected chi connectivity index (χ2v) is 5.68. The summed E-state index contributed by atoms with van der Waals surface area (Å²) in [6.45, 7) is 6.80. The van der Waals surface area contributed by atoms with Gasteiger partial charge in [0.25, 0.3) is 0 Å². The van der Waals surface area contributed by atoms with Gasteiger partial charge in [-0.25, -0.2) is 14.6 Å². The van der Waals surface area contributed by atoms with E-state index in [1.807, 2.05) is 32.9 Å². The van der Waals surface area contributed by atoms with Crippen LogP contribution in [0.4, 0.5) is 0 Å². The van der Waals surface area contributed by atoms with Gasteiger partial charge in [-0.15, -0.1) is 0 Å². The van der Waals surface area contributed by atoms with Crippen LogP contribution in [-0.2, 0) is 11.3 Å². The normalized spacial score (nSPS) is 11.7. The molecule has 3 rings (SSSR count). The van der Waals surface area contributed by atoms with Gasteiger partial charge in [-0.1, -0.05) is 17.7 Å². The van der Waals surface area contributed by atoms with Gasteiger partial charge in [0, 0.05) is 30.3 Å². The first kappa shape index (κ1) is 16.5. The summed E-state index contributed by atoms with van der Waals surface area (Å²) in [5.74, 6) is 0.685. The van der Waals surface area contributed by atoms with Crippen molar-refractivity contribution in [3.8, 4) is 0 Å². The first-order valence-corrected chi connectivity index (χ1v) is 8.05. The van der Waals surface area contributed by atoms with Crippen LogP contribution in [0.1, 0.15) is 29.6 Å². The fraction of sp³-hybridized carbons (Fsp3) is 0.294. The molecule has 0 bridgehead atoms. The van der Waals surface area contributed by atoms with Crippen molar-refractivity contribution in [3.05, 3.63) is 52.3 Å². The minimum Gasteiger partial charge on any atom is -0.374 e. The molecule has 0 N–H and O–H groups in total. The van der Waals surface area contributed by atoms with Gasteiger partial charge in [-0.3, -0.25) is 4.98 Å². The predicted octanol–water partition coefficient (Wildman–Crippen LogP) is 3.52. The van der Waals surface area contributed by atoms with Crippen molar-refractivity contribution in [1.29, 1.82) is 0 Å². The highest BCUT2D eigenvalue weighted by molar-refractivity contribution is 6.33. The van der Waals surface area contributed by atoms with Crippen molar-refractivity contribution in [2.24, 2.45) is 5.10 Å². The molecule has 0 aliphatic rings. The summed E-state index contributed by atoms with van der Waals surface area (Å²) in [6, 6.07) is 3.80. The summed E-state index contributed by atoms with van der Waals surface area (Å²) in [6.07, 6.45) is 5.22. The Morgan fingerprint density at radius 2 is 2.17 bits per heavy atom. The number of nitrogens with zero attached hydrogens (tertiary/aromatic N) is 5. The number of aryl methyl sites for hydroxylation is 2. The Morgan fingerprint density at radius 3 is 2.88 bits per heavy atom. The average Bonchev–Trinajstić information content (AvgIpc) is 2.96. The highest BCUT2D eigenvalue weighted by atomic mass is 35.5. The standard InChI is InChI=1S/C17H18ClN5O/c1-4-24-10-14-22-15-16(11(2)12(3)21-17(15)18)23(14)20-9-13-6-5-7-19-8-13/h5-9H,4,10H2,1-3H3/b20-9+.